The van der Waals surface area contributed by atoms with Crippen molar-refractivity contribution in [2.75, 3.05) is 13.7 Å². The minimum absolute atomic E-state index is 0. The van der Waals surface area contributed by atoms with Gasteiger partial charge in [0.25, 0.3) is 0 Å². The molecule has 4 aliphatic rings. The molecule has 28 heavy (non-hydrogen) atoms. The monoisotopic (exact) mass is 396 g/mol. The summed E-state index contributed by atoms with van der Waals surface area (Å²) >= 11 is 0. The van der Waals surface area contributed by atoms with Gasteiger partial charge >= 0.3 is 5.97 Å². The molecular formula is C23H40O5. The third-order valence-electron chi connectivity index (χ3n) is 7.85. The van der Waals surface area contributed by atoms with E-state index in [2.05, 4.69) is 25.5 Å². The van der Waals surface area contributed by atoms with Crippen LogP contribution >= 0.6 is 0 Å². The molecular weight excluding hydrogens is 356 g/mol. The first-order valence-electron chi connectivity index (χ1n) is 10.8. The maximum absolute atomic E-state index is 11.9. The van der Waals surface area contributed by atoms with Crippen molar-refractivity contribution in [1.29, 1.82) is 0 Å². The second-order valence-corrected chi connectivity index (χ2v) is 10.1. The molecule has 3 fully saturated rings. The Bertz CT molecular complexity index is 627. The van der Waals surface area contributed by atoms with Gasteiger partial charge in [-0.2, -0.15) is 0 Å². The number of cyclic esters (lactones) is 1. The van der Waals surface area contributed by atoms with Gasteiger partial charge in [0.1, 0.15) is 6.61 Å². The van der Waals surface area contributed by atoms with E-state index in [9.17, 15) is 4.79 Å². The van der Waals surface area contributed by atoms with Gasteiger partial charge in [0.2, 0.25) is 0 Å². The van der Waals surface area contributed by atoms with E-state index in [1.54, 1.807) is 13.8 Å². The van der Waals surface area contributed by atoms with Crippen molar-refractivity contribution in [1.82, 2.24) is 0 Å². The summed E-state index contributed by atoms with van der Waals surface area (Å²) in [5.74, 6) is 1.11. The molecule has 5 nitrogen and oxygen atoms in total. The van der Waals surface area contributed by atoms with Gasteiger partial charge in [-0.05, 0) is 75.7 Å². The summed E-state index contributed by atoms with van der Waals surface area (Å²) in [5.41, 5.74) is 1.10. The van der Waals surface area contributed by atoms with Gasteiger partial charge in [-0.3, -0.25) is 0 Å². The molecule has 162 valence electrons. The highest BCUT2D eigenvalue weighted by Crippen LogP contribution is 2.63. The second-order valence-electron chi connectivity index (χ2n) is 10.1. The molecule has 0 unspecified atom stereocenters. The first-order valence-corrected chi connectivity index (χ1v) is 10.8. The lowest BCUT2D eigenvalue weighted by atomic mass is 9.49. The number of hydrogen-bond acceptors (Lipinski definition) is 5. The van der Waals surface area contributed by atoms with Crippen molar-refractivity contribution in [3.8, 4) is 0 Å². The average Bonchev–Trinajstić information content (AvgIpc) is 3.18. The summed E-state index contributed by atoms with van der Waals surface area (Å²) in [4.78, 5) is 11.9. The molecule has 2 heterocycles. The second kappa shape index (κ2) is 7.73. The lowest BCUT2D eigenvalue weighted by Gasteiger charge is -2.57. The molecule has 2 aliphatic heterocycles. The number of ether oxygens (including phenoxy) is 3. The van der Waals surface area contributed by atoms with Crippen molar-refractivity contribution >= 4 is 5.97 Å². The van der Waals surface area contributed by atoms with Gasteiger partial charge in [0.15, 0.2) is 5.79 Å². The summed E-state index contributed by atoms with van der Waals surface area (Å²) in [6.45, 7) is 10.8. The van der Waals surface area contributed by atoms with Gasteiger partial charge in [0, 0.05) is 8.54 Å². The van der Waals surface area contributed by atoms with Crippen LogP contribution in [0.15, 0.2) is 11.6 Å². The highest BCUT2D eigenvalue weighted by molar-refractivity contribution is 5.91. The number of carbonyl (C=O) groups is 1. The molecule has 1 saturated heterocycles. The van der Waals surface area contributed by atoms with Crippen LogP contribution in [0.4, 0.5) is 0 Å². The lowest BCUT2D eigenvalue weighted by molar-refractivity contribution is -0.155. The van der Waals surface area contributed by atoms with E-state index >= 15 is 0 Å². The van der Waals surface area contributed by atoms with Gasteiger partial charge in [0.05, 0.1) is 17.3 Å². The van der Waals surface area contributed by atoms with Crippen LogP contribution in [0.2, 0.25) is 0 Å². The maximum Gasteiger partial charge on any atom is 0.336 e. The Labute approximate surface area is 171 Å². The van der Waals surface area contributed by atoms with E-state index in [4.69, 9.17) is 14.6 Å². The number of esters is 1. The van der Waals surface area contributed by atoms with E-state index < -0.39 is 5.79 Å². The molecule has 0 aromatic carbocycles. The summed E-state index contributed by atoms with van der Waals surface area (Å²) in [5, 5.41) is 8.60. The molecule has 1 N–H and O–H groups in total. The van der Waals surface area contributed by atoms with Crippen LogP contribution in [0.25, 0.3) is 0 Å². The van der Waals surface area contributed by atoms with E-state index in [0.717, 1.165) is 30.3 Å². The number of methoxy groups -OCH3 is 1. The molecule has 0 amide bonds. The first-order chi connectivity index (χ1) is 13.0. The molecule has 2 aliphatic carbocycles. The zero-order chi connectivity index (χ0) is 20.7. The smallest absolute Gasteiger partial charge is 0.336 e. The Balaban J connectivity index is 0.000000379. The quantitative estimate of drug-likeness (QED) is 0.551. The number of carbonyl (C=O) groups excluding carboxylic acids is 1. The SMILES string of the molecule is COC(C)(C)O.C[C@H]1CCC[C@]2(C)[C@@H]1CC[C@@]1(C)O[C@H](C3=CCOC3=O)C[C@@H]21.[HH]. The van der Waals surface area contributed by atoms with Crippen molar-refractivity contribution in [3.05, 3.63) is 11.6 Å². The Morgan fingerprint density at radius 1 is 1.29 bits per heavy atom. The van der Waals surface area contributed by atoms with Crippen LogP contribution < -0.4 is 0 Å². The Morgan fingerprint density at radius 3 is 2.54 bits per heavy atom. The lowest BCUT2D eigenvalue weighted by Crippen LogP contribution is -2.53. The van der Waals surface area contributed by atoms with E-state index in [1.807, 2.05) is 6.08 Å². The Kier molecular flexibility index (Phi) is 6.02. The van der Waals surface area contributed by atoms with E-state index in [0.29, 0.717) is 17.9 Å². The first kappa shape index (κ1) is 21.8. The maximum atomic E-state index is 11.9. The summed E-state index contributed by atoms with van der Waals surface area (Å²) < 4.78 is 16.1. The molecule has 0 bridgehead atoms. The summed E-state index contributed by atoms with van der Waals surface area (Å²) in [6, 6.07) is 0. The molecule has 0 spiro atoms. The third kappa shape index (κ3) is 4.03. The van der Waals surface area contributed by atoms with Crippen molar-refractivity contribution in [3.63, 3.8) is 0 Å². The number of fused-ring (bicyclic) bond motifs is 3. The molecule has 0 aromatic heterocycles. The highest BCUT2D eigenvalue weighted by atomic mass is 16.6. The molecule has 2 saturated carbocycles. The molecule has 4 rings (SSSR count). The van der Waals surface area contributed by atoms with Crippen LogP contribution in [-0.2, 0) is 19.0 Å². The van der Waals surface area contributed by atoms with Crippen molar-refractivity contribution < 1.29 is 25.5 Å². The van der Waals surface area contributed by atoms with Crippen LogP contribution in [0.3, 0.4) is 0 Å². The van der Waals surface area contributed by atoms with E-state index in [-0.39, 0.29) is 19.1 Å². The normalized spacial score (nSPS) is 42.7. The topological polar surface area (TPSA) is 65.0 Å². The minimum atomic E-state index is -0.958. The van der Waals surface area contributed by atoms with Crippen LogP contribution in [0, 0.1) is 23.2 Å². The average molecular weight is 397 g/mol. The third-order valence-corrected chi connectivity index (χ3v) is 7.85. The number of rotatable bonds is 2. The molecule has 5 heteroatoms. The van der Waals surface area contributed by atoms with Crippen LogP contribution in [-0.4, -0.2) is 42.3 Å². The zero-order valence-electron chi connectivity index (χ0n) is 18.4. The summed E-state index contributed by atoms with van der Waals surface area (Å²) in [7, 11) is 1.46. The predicted molar refractivity (Wildman–Crippen MR) is 110 cm³/mol. The Morgan fingerprint density at radius 2 is 1.96 bits per heavy atom. The van der Waals surface area contributed by atoms with Gasteiger partial charge in [-0.15, -0.1) is 0 Å². The Hall–Kier alpha value is -0.910. The van der Waals surface area contributed by atoms with Crippen LogP contribution in [0.1, 0.15) is 74.6 Å². The van der Waals surface area contributed by atoms with Crippen molar-refractivity contribution in [2.45, 2.75) is 90.6 Å². The standard InChI is InChI=1S/C19H28O3.C4H10O2.H2/c1-12-5-4-8-18(2)14(12)6-9-19(3)16(18)11-15(22-19)13-7-10-21-17(13)20;1-4(2,5)6-3;/h7,12,14-16H,4-6,8-11H2,1-3H3;5H,1-3H3;1H/t12-,14+,15-,16-,18+,19+;;/m0../s1. The fourth-order valence-electron chi connectivity index (χ4n) is 6.28. The van der Waals surface area contributed by atoms with Crippen LogP contribution in [0.5, 0.6) is 0 Å². The van der Waals surface area contributed by atoms with Crippen molar-refractivity contribution in [2.24, 2.45) is 23.2 Å². The highest BCUT2D eigenvalue weighted by Gasteiger charge is 2.60. The zero-order valence-corrected chi connectivity index (χ0v) is 18.4. The minimum Gasteiger partial charge on any atom is -0.458 e. The fourth-order valence-corrected chi connectivity index (χ4v) is 6.28. The molecule has 0 aromatic rings. The molecule has 6 atom stereocenters. The van der Waals surface area contributed by atoms with Gasteiger partial charge in [-0.1, -0.05) is 26.7 Å². The summed E-state index contributed by atoms with van der Waals surface area (Å²) in [6.07, 6.45) is 9.34. The van der Waals surface area contributed by atoms with Gasteiger partial charge in [-0.25, -0.2) is 4.79 Å². The van der Waals surface area contributed by atoms with Gasteiger partial charge < -0.3 is 19.3 Å². The van der Waals surface area contributed by atoms with E-state index in [1.165, 1.54) is 32.8 Å². The number of hydrogen-bond donors (Lipinski definition) is 1. The predicted octanol–water partition coefficient (Wildman–Crippen LogP) is 4.48. The largest absolute Gasteiger partial charge is 0.458 e. The fraction of sp³-hybridized carbons (Fsp3) is 0.870. The molecule has 0 radical (unpaired) electrons. The number of aliphatic hydroxyl groups is 1.